The number of carbonyl (C=O) groups is 2. The van der Waals surface area contributed by atoms with Crippen LogP contribution in [0.5, 0.6) is 0 Å². The summed E-state index contributed by atoms with van der Waals surface area (Å²) in [5.74, 6) is 0.601. The summed E-state index contributed by atoms with van der Waals surface area (Å²) in [5, 5.41) is 10.0. The average molecular weight is 469 g/mol. The Balaban J connectivity index is 1.28. The SMILES string of the molecule is O=C(Cc1cccnn1)C[N+]12CCC(CC1)[C@@H](OC(=O)C1(c3cccs3)CCCCCC1)C2. The first-order valence-corrected chi connectivity index (χ1v) is 13.4. The minimum atomic E-state index is -0.483. The van der Waals surface area contributed by atoms with Crippen molar-refractivity contribution < 1.29 is 18.8 Å². The summed E-state index contributed by atoms with van der Waals surface area (Å²) in [6, 6.07) is 7.85. The monoisotopic (exact) mass is 468 g/mol. The van der Waals surface area contributed by atoms with E-state index in [4.69, 9.17) is 4.74 Å². The minimum Gasteiger partial charge on any atom is -0.455 e. The second-order valence-electron chi connectivity index (χ2n) is 10.3. The lowest BCUT2D eigenvalue weighted by Gasteiger charge is -2.52. The molecule has 2 bridgehead atoms. The number of ether oxygens (including phenoxy) is 1. The normalized spacial score (nSPS) is 28.7. The molecule has 0 aromatic carbocycles. The summed E-state index contributed by atoms with van der Waals surface area (Å²) >= 11 is 1.69. The van der Waals surface area contributed by atoms with Crippen molar-refractivity contribution in [2.75, 3.05) is 26.2 Å². The summed E-state index contributed by atoms with van der Waals surface area (Å²) in [6.45, 7) is 3.26. The zero-order valence-corrected chi connectivity index (χ0v) is 20.1. The molecule has 2 aromatic heterocycles. The molecular weight excluding hydrogens is 434 g/mol. The molecule has 0 amide bonds. The Morgan fingerprint density at radius 2 is 1.88 bits per heavy atom. The van der Waals surface area contributed by atoms with E-state index >= 15 is 0 Å². The predicted molar refractivity (Wildman–Crippen MR) is 127 cm³/mol. The van der Waals surface area contributed by atoms with Crippen molar-refractivity contribution in [2.45, 2.75) is 69.3 Å². The van der Waals surface area contributed by atoms with Crippen molar-refractivity contribution in [1.82, 2.24) is 10.2 Å². The molecular formula is C26H34N3O3S+. The van der Waals surface area contributed by atoms with E-state index in [0.717, 1.165) is 68.3 Å². The quantitative estimate of drug-likeness (QED) is 0.348. The van der Waals surface area contributed by atoms with Gasteiger partial charge in [-0.1, -0.05) is 31.7 Å². The number of esters is 1. The van der Waals surface area contributed by atoms with E-state index in [1.165, 1.54) is 17.7 Å². The second-order valence-corrected chi connectivity index (χ2v) is 11.3. The molecule has 6 rings (SSSR count). The third-order valence-electron chi connectivity index (χ3n) is 8.16. The van der Waals surface area contributed by atoms with Gasteiger partial charge in [-0.15, -0.1) is 11.3 Å². The largest absolute Gasteiger partial charge is 0.455 e. The van der Waals surface area contributed by atoms with Crippen LogP contribution in [0.3, 0.4) is 0 Å². The number of piperidine rings is 3. The molecule has 0 unspecified atom stereocenters. The predicted octanol–water partition coefficient (Wildman–Crippen LogP) is 4.09. The first kappa shape index (κ1) is 22.7. The summed E-state index contributed by atoms with van der Waals surface area (Å²) in [5.41, 5.74) is 0.241. The summed E-state index contributed by atoms with van der Waals surface area (Å²) < 4.78 is 7.14. The third-order valence-corrected chi connectivity index (χ3v) is 9.23. The lowest BCUT2D eigenvalue weighted by atomic mass is 9.78. The zero-order valence-electron chi connectivity index (χ0n) is 19.3. The van der Waals surface area contributed by atoms with E-state index < -0.39 is 5.41 Å². The molecule has 3 saturated heterocycles. The maximum Gasteiger partial charge on any atom is 0.317 e. The molecule has 5 heterocycles. The molecule has 1 atom stereocenters. The molecule has 4 aliphatic rings. The highest BCUT2D eigenvalue weighted by Crippen LogP contribution is 2.43. The van der Waals surface area contributed by atoms with Crippen LogP contribution in [-0.4, -0.2) is 58.7 Å². The molecule has 0 N–H and O–H groups in total. The van der Waals surface area contributed by atoms with E-state index in [-0.39, 0.29) is 17.9 Å². The first-order valence-electron chi connectivity index (χ1n) is 12.5. The molecule has 2 aromatic rings. The van der Waals surface area contributed by atoms with E-state index in [9.17, 15) is 9.59 Å². The van der Waals surface area contributed by atoms with Crippen molar-refractivity contribution in [2.24, 2.45) is 5.92 Å². The number of ketones is 1. The van der Waals surface area contributed by atoms with Crippen molar-refractivity contribution in [3.63, 3.8) is 0 Å². The maximum atomic E-state index is 13.8. The van der Waals surface area contributed by atoms with Crippen LogP contribution in [-0.2, 0) is 26.2 Å². The highest BCUT2D eigenvalue weighted by Gasteiger charge is 2.51. The number of hydrogen-bond acceptors (Lipinski definition) is 6. The molecule has 0 radical (unpaired) electrons. The number of quaternary nitrogens is 1. The van der Waals surface area contributed by atoms with Crippen molar-refractivity contribution >= 4 is 23.1 Å². The number of Topliss-reactive ketones (excluding diaryl/α,β-unsaturated/α-hetero) is 1. The molecule has 1 aliphatic carbocycles. The van der Waals surface area contributed by atoms with Gasteiger partial charge in [0.25, 0.3) is 0 Å². The van der Waals surface area contributed by atoms with E-state index in [0.29, 0.717) is 18.9 Å². The maximum absolute atomic E-state index is 13.8. The molecule has 4 fully saturated rings. The number of thiophene rings is 1. The van der Waals surface area contributed by atoms with Crippen LogP contribution in [0.2, 0.25) is 0 Å². The fraction of sp³-hybridized carbons (Fsp3) is 0.615. The van der Waals surface area contributed by atoms with E-state index in [1.54, 1.807) is 17.5 Å². The van der Waals surface area contributed by atoms with Gasteiger partial charge in [0.1, 0.15) is 18.5 Å². The number of nitrogens with zero attached hydrogens (tertiary/aromatic N) is 3. The lowest BCUT2D eigenvalue weighted by Crippen LogP contribution is -2.66. The van der Waals surface area contributed by atoms with Gasteiger partial charge in [-0.25, -0.2) is 0 Å². The molecule has 7 heteroatoms. The van der Waals surface area contributed by atoms with Gasteiger partial charge in [-0.3, -0.25) is 9.59 Å². The standard InChI is InChI=1S/C26H34N3O3S/c30-22(17-21-7-5-13-27-28-21)18-29-14-9-20(10-15-29)23(19-29)32-25(31)26(24-8-6-16-33-24)11-3-1-2-4-12-26/h5-8,13,16,20,23H,1-4,9-12,14-15,17-19H2/q+1/t20?,23-,29?/m0/s1. The molecule has 3 aliphatic heterocycles. The highest BCUT2D eigenvalue weighted by atomic mass is 32.1. The molecule has 6 nitrogen and oxygen atoms in total. The van der Waals surface area contributed by atoms with Gasteiger partial charge in [0, 0.05) is 29.8 Å². The smallest absolute Gasteiger partial charge is 0.317 e. The fourth-order valence-electron chi connectivity index (χ4n) is 6.32. The molecule has 33 heavy (non-hydrogen) atoms. The Hall–Kier alpha value is -2.12. The van der Waals surface area contributed by atoms with Gasteiger partial charge < -0.3 is 9.22 Å². The fourth-order valence-corrected chi connectivity index (χ4v) is 7.29. The number of aromatic nitrogens is 2. The van der Waals surface area contributed by atoms with Gasteiger partial charge in [-0.2, -0.15) is 10.2 Å². The number of rotatable bonds is 7. The summed E-state index contributed by atoms with van der Waals surface area (Å²) in [6.07, 6.45) is 10.3. The van der Waals surface area contributed by atoms with E-state index in [1.807, 2.05) is 12.1 Å². The van der Waals surface area contributed by atoms with Gasteiger partial charge >= 0.3 is 5.97 Å². The summed E-state index contributed by atoms with van der Waals surface area (Å²) in [4.78, 5) is 27.8. The van der Waals surface area contributed by atoms with Crippen LogP contribution >= 0.6 is 11.3 Å². The van der Waals surface area contributed by atoms with Crippen molar-refractivity contribution in [3.8, 4) is 0 Å². The Morgan fingerprint density at radius 1 is 1.09 bits per heavy atom. The van der Waals surface area contributed by atoms with Crippen LogP contribution < -0.4 is 0 Å². The molecule has 1 saturated carbocycles. The topological polar surface area (TPSA) is 69.2 Å². The summed E-state index contributed by atoms with van der Waals surface area (Å²) in [7, 11) is 0. The Bertz CT molecular complexity index is 946. The Morgan fingerprint density at radius 3 is 2.55 bits per heavy atom. The highest BCUT2D eigenvalue weighted by molar-refractivity contribution is 7.10. The molecule has 0 spiro atoms. The van der Waals surface area contributed by atoms with Crippen LogP contribution in [0.25, 0.3) is 0 Å². The van der Waals surface area contributed by atoms with Crippen LogP contribution in [0.1, 0.15) is 61.9 Å². The number of hydrogen-bond donors (Lipinski definition) is 0. The minimum absolute atomic E-state index is 0.0189. The molecule has 176 valence electrons. The second kappa shape index (κ2) is 9.63. The zero-order chi connectivity index (χ0) is 22.7. The van der Waals surface area contributed by atoms with Crippen molar-refractivity contribution in [3.05, 3.63) is 46.4 Å². The van der Waals surface area contributed by atoms with Gasteiger partial charge in [-0.05, 0) is 36.4 Å². The van der Waals surface area contributed by atoms with Crippen molar-refractivity contribution in [1.29, 1.82) is 0 Å². The Labute approximate surface area is 199 Å². The van der Waals surface area contributed by atoms with Gasteiger partial charge in [0.05, 0.1) is 25.2 Å². The van der Waals surface area contributed by atoms with Gasteiger partial charge in [0.15, 0.2) is 11.9 Å². The average Bonchev–Trinajstić information content (AvgIpc) is 3.25. The van der Waals surface area contributed by atoms with Crippen LogP contribution in [0.4, 0.5) is 0 Å². The van der Waals surface area contributed by atoms with E-state index in [2.05, 4.69) is 27.7 Å². The van der Waals surface area contributed by atoms with Gasteiger partial charge in [0.2, 0.25) is 0 Å². The Kier molecular flexibility index (Phi) is 6.61. The van der Waals surface area contributed by atoms with Crippen LogP contribution in [0, 0.1) is 5.92 Å². The van der Waals surface area contributed by atoms with Crippen LogP contribution in [0.15, 0.2) is 35.8 Å². The number of carbonyl (C=O) groups excluding carboxylic acids is 2. The number of fused-ring (bicyclic) bond motifs is 3. The lowest BCUT2D eigenvalue weighted by molar-refractivity contribution is -0.939. The third kappa shape index (κ3) is 4.76. The first-order chi connectivity index (χ1) is 16.1.